The van der Waals surface area contributed by atoms with E-state index in [1.807, 2.05) is 7.05 Å². The van der Waals surface area contributed by atoms with Crippen molar-refractivity contribution in [1.29, 1.82) is 0 Å². The molecule has 82 valence electrons. The molecule has 0 aromatic heterocycles. The van der Waals surface area contributed by atoms with Crippen molar-refractivity contribution < 1.29 is 4.74 Å². The van der Waals surface area contributed by atoms with Crippen LogP contribution >= 0.6 is 0 Å². The fraction of sp³-hybridized carbons (Fsp3) is 0.538. The van der Waals surface area contributed by atoms with Crippen molar-refractivity contribution in [3.8, 4) is 5.75 Å². The van der Waals surface area contributed by atoms with Crippen LogP contribution in [-0.2, 0) is 12.8 Å². The predicted molar refractivity (Wildman–Crippen MR) is 62.5 cm³/mol. The fourth-order valence-electron chi connectivity index (χ4n) is 2.07. The maximum atomic E-state index is 5.65. The van der Waals surface area contributed by atoms with E-state index in [1.54, 1.807) is 0 Å². The number of rotatable bonds is 4. The zero-order chi connectivity index (χ0) is 10.5. The highest BCUT2D eigenvalue weighted by molar-refractivity contribution is 5.37. The van der Waals surface area contributed by atoms with Gasteiger partial charge >= 0.3 is 0 Å². The molecule has 0 saturated heterocycles. The van der Waals surface area contributed by atoms with Crippen molar-refractivity contribution in [3.63, 3.8) is 0 Å². The van der Waals surface area contributed by atoms with E-state index in [-0.39, 0.29) is 0 Å². The summed E-state index contributed by atoms with van der Waals surface area (Å²) in [7, 11) is 1.94. The van der Waals surface area contributed by atoms with Crippen molar-refractivity contribution >= 4 is 0 Å². The fourth-order valence-corrected chi connectivity index (χ4v) is 2.07. The molecule has 0 aliphatic heterocycles. The highest BCUT2D eigenvalue weighted by Crippen LogP contribution is 2.25. The molecule has 1 aromatic rings. The molecular weight excluding hydrogens is 186 g/mol. The molecule has 0 amide bonds. The third-order valence-electron chi connectivity index (χ3n) is 2.94. The van der Waals surface area contributed by atoms with Gasteiger partial charge in [-0.05, 0) is 56.0 Å². The molecule has 1 aliphatic rings. The molecule has 2 rings (SSSR count). The van der Waals surface area contributed by atoms with Crippen LogP contribution in [0.4, 0.5) is 0 Å². The van der Waals surface area contributed by atoms with Crippen molar-refractivity contribution in [2.45, 2.75) is 25.7 Å². The summed E-state index contributed by atoms with van der Waals surface area (Å²) in [4.78, 5) is 0. The Hall–Kier alpha value is -1.02. The number of hydrogen-bond donors (Lipinski definition) is 1. The molecule has 0 heterocycles. The lowest BCUT2D eigenvalue weighted by Crippen LogP contribution is -2.16. The molecule has 0 unspecified atom stereocenters. The zero-order valence-corrected chi connectivity index (χ0v) is 9.38. The van der Waals surface area contributed by atoms with Gasteiger partial charge in [-0.25, -0.2) is 0 Å². The van der Waals surface area contributed by atoms with Gasteiger partial charge in [-0.3, -0.25) is 0 Å². The maximum Gasteiger partial charge on any atom is 0.119 e. The van der Waals surface area contributed by atoms with Crippen LogP contribution in [0.25, 0.3) is 0 Å². The van der Waals surface area contributed by atoms with E-state index in [2.05, 4.69) is 23.5 Å². The zero-order valence-electron chi connectivity index (χ0n) is 9.38. The molecule has 1 N–H and O–H groups in total. The van der Waals surface area contributed by atoms with Crippen LogP contribution in [0.1, 0.15) is 24.0 Å². The number of hydrogen-bond acceptors (Lipinski definition) is 2. The molecule has 2 nitrogen and oxygen atoms in total. The summed E-state index contributed by atoms with van der Waals surface area (Å²) in [6.45, 7) is 1.65. The molecule has 0 bridgehead atoms. The molecule has 0 radical (unpaired) electrons. The van der Waals surface area contributed by atoms with Crippen molar-refractivity contribution in [2.75, 3.05) is 20.2 Å². The molecule has 0 saturated carbocycles. The van der Waals surface area contributed by atoms with Crippen molar-refractivity contribution in [3.05, 3.63) is 29.3 Å². The second-order valence-electron chi connectivity index (χ2n) is 4.09. The molecular formula is C13H19NO. The summed E-state index contributed by atoms with van der Waals surface area (Å²) in [6, 6.07) is 6.53. The normalized spacial score (nSPS) is 14.7. The van der Waals surface area contributed by atoms with Crippen LogP contribution in [0.2, 0.25) is 0 Å². The van der Waals surface area contributed by atoms with Gasteiger partial charge in [0.05, 0.1) is 0 Å². The Morgan fingerprint density at radius 1 is 1.20 bits per heavy atom. The molecule has 1 aliphatic carbocycles. The standard InChI is InChI=1S/C13H19NO/c1-14-8-9-15-13-7-6-11-4-2-3-5-12(11)10-13/h6-7,10,14H,2-5,8-9H2,1H3. The van der Waals surface area contributed by atoms with Gasteiger partial charge in [0, 0.05) is 6.54 Å². The first kappa shape index (κ1) is 10.5. The van der Waals surface area contributed by atoms with Crippen LogP contribution in [0.5, 0.6) is 5.75 Å². The summed E-state index contributed by atoms with van der Waals surface area (Å²) in [5.41, 5.74) is 3.01. The van der Waals surface area contributed by atoms with Crippen LogP contribution in [0.15, 0.2) is 18.2 Å². The maximum absolute atomic E-state index is 5.65. The Morgan fingerprint density at radius 3 is 2.80 bits per heavy atom. The number of likely N-dealkylation sites (N-methyl/N-ethyl adjacent to an activating group) is 1. The summed E-state index contributed by atoms with van der Waals surface area (Å²) in [6.07, 6.45) is 5.13. The lowest BCUT2D eigenvalue weighted by Gasteiger charge is -2.16. The molecule has 15 heavy (non-hydrogen) atoms. The summed E-state index contributed by atoms with van der Waals surface area (Å²) in [5, 5.41) is 3.08. The largest absolute Gasteiger partial charge is 0.492 e. The molecule has 2 heteroatoms. The summed E-state index contributed by atoms with van der Waals surface area (Å²) in [5.74, 6) is 1.02. The number of aryl methyl sites for hydroxylation is 2. The summed E-state index contributed by atoms with van der Waals surface area (Å²) < 4.78 is 5.65. The third-order valence-corrected chi connectivity index (χ3v) is 2.94. The minimum atomic E-state index is 0.745. The third kappa shape index (κ3) is 2.72. The number of fused-ring (bicyclic) bond motifs is 1. The quantitative estimate of drug-likeness (QED) is 0.761. The van der Waals surface area contributed by atoms with Crippen molar-refractivity contribution in [1.82, 2.24) is 5.32 Å². The predicted octanol–water partition coefficient (Wildman–Crippen LogP) is 2.16. The van der Waals surface area contributed by atoms with Gasteiger partial charge in [-0.1, -0.05) is 6.07 Å². The van der Waals surface area contributed by atoms with Gasteiger partial charge < -0.3 is 10.1 Å². The highest BCUT2D eigenvalue weighted by atomic mass is 16.5. The van der Waals surface area contributed by atoms with Gasteiger partial charge in [0.25, 0.3) is 0 Å². The monoisotopic (exact) mass is 205 g/mol. The van der Waals surface area contributed by atoms with E-state index in [1.165, 1.54) is 36.8 Å². The van der Waals surface area contributed by atoms with Gasteiger partial charge in [0.2, 0.25) is 0 Å². The Kier molecular flexibility index (Phi) is 3.62. The summed E-state index contributed by atoms with van der Waals surface area (Å²) >= 11 is 0. The van der Waals surface area contributed by atoms with E-state index in [4.69, 9.17) is 4.74 Å². The minimum absolute atomic E-state index is 0.745. The van der Waals surface area contributed by atoms with E-state index in [9.17, 15) is 0 Å². The first-order valence-corrected chi connectivity index (χ1v) is 5.79. The van der Waals surface area contributed by atoms with Crippen LogP contribution in [0, 0.1) is 0 Å². The van der Waals surface area contributed by atoms with Crippen molar-refractivity contribution in [2.24, 2.45) is 0 Å². The van der Waals surface area contributed by atoms with Gasteiger partial charge in [0.15, 0.2) is 0 Å². The average molecular weight is 205 g/mol. The van der Waals surface area contributed by atoms with E-state index < -0.39 is 0 Å². The molecule has 0 atom stereocenters. The van der Waals surface area contributed by atoms with Gasteiger partial charge in [0.1, 0.15) is 12.4 Å². The lowest BCUT2D eigenvalue weighted by atomic mass is 9.92. The highest BCUT2D eigenvalue weighted by Gasteiger charge is 2.09. The Morgan fingerprint density at radius 2 is 2.00 bits per heavy atom. The lowest BCUT2D eigenvalue weighted by molar-refractivity contribution is 0.318. The second kappa shape index (κ2) is 5.17. The molecule has 1 aromatic carbocycles. The van der Waals surface area contributed by atoms with E-state index in [0.717, 1.165) is 18.9 Å². The van der Waals surface area contributed by atoms with Gasteiger partial charge in [-0.15, -0.1) is 0 Å². The smallest absolute Gasteiger partial charge is 0.119 e. The van der Waals surface area contributed by atoms with E-state index in [0.29, 0.717) is 0 Å². The molecule has 0 spiro atoms. The number of benzene rings is 1. The van der Waals surface area contributed by atoms with Crippen LogP contribution < -0.4 is 10.1 Å². The minimum Gasteiger partial charge on any atom is -0.492 e. The topological polar surface area (TPSA) is 21.3 Å². The first-order valence-electron chi connectivity index (χ1n) is 5.79. The Bertz CT molecular complexity index is 322. The van der Waals surface area contributed by atoms with Gasteiger partial charge in [-0.2, -0.15) is 0 Å². The number of nitrogens with one attached hydrogen (secondary N) is 1. The van der Waals surface area contributed by atoms with Crippen LogP contribution in [-0.4, -0.2) is 20.2 Å². The Balaban J connectivity index is 2.00. The number of ether oxygens (including phenoxy) is 1. The first-order chi connectivity index (χ1) is 7.40. The second-order valence-corrected chi connectivity index (χ2v) is 4.09. The Labute approximate surface area is 91.6 Å². The van der Waals surface area contributed by atoms with E-state index >= 15 is 0 Å². The van der Waals surface area contributed by atoms with Crippen LogP contribution in [0.3, 0.4) is 0 Å². The molecule has 0 fully saturated rings. The average Bonchev–Trinajstić information content (AvgIpc) is 2.29. The SMILES string of the molecule is CNCCOc1ccc2c(c1)CCCC2.